The van der Waals surface area contributed by atoms with Gasteiger partial charge in [-0.25, -0.2) is 0 Å². The minimum absolute atomic E-state index is 0.0480. The van der Waals surface area contributed by atoms with Crippen molar-refractivity contribution in [3.8, 4) is 0 Å². The van der Waals surface area contributed by atoms with Crippen LogP contribution in [0.4, 0.5) is 0 Å². The van der Waals surface area contributed by atoms with E-state index in [0.29, 0.717) is 0 Å². The van der Waals surface area contributed by atoms with Crippen LogP contribution in [0.15, 0.2) is 57.2 Å². The Balaban J connectivity index is 2.09. The summed E-state index contributed by atoms with van der Waals surface area (Å²) >= 11 is 1.54. The van der Waals surface area contributed by atoms with Gasteiger partial charge in [0.2, 0.25) is 0 Å². The van der Waals surface area contributed by atoms with E-state index >= 15 is 0 Å². The lowest BCUT2D eigenvalue weighted by atomic mass is 10.0. The lowest BCUT2D eigenvalue weighted by molar-refractivity contribution is 0.483. The maximum absolute atomic E-state index is 11.1. The highest BCUT2D eigenvalue weighted by molar-refractivity contribution is 7.99. The fourth-order valence-corrected chi connectivity index (χ4v) is 3.70. The minimum atomic E-state index is -4.13. The molecule has 2 aromatic rings. The molecule has 0 amide bonds. The molecule has 0 aliphatic carbocycles. The van der Waals surface area contributed by atoms with E-state index in [-0.39, 0.29) is 4.90 Å². The highest BCUT2D eigenvalue weighted by Crippen LogP contribution is 2.40. The Hall–Kier alpha value is -1.30. The number of rotatable bonds is 1. The van der Waals surface area contributed by atoms with Crippen molar-refractivity contribution in [3.05, 3.63) is 53.6 Å². The second-order valence-electron chi connectivity index (χ2n) is 4.13. The first-order valence-corrected chi connectivity index (χ1v) is 7.66. The molecule has 5 heteroatoms. The lowest BCUT2D eigenvalue weighted by Gasteiger charge is -2.18. The second-order valence-corrected chi connectivity index (χ2v) is 6.64. The van der Waals surface area contributed by atoms with E-state index in [1.165, 1.54) is 29.5 Å². The van der Waals surface area contributed by atoms with Gasteiger partial charge >= 0.3 is 0 Å². The molecule has 0 saturated heterocycles. The van der Waals surface area contributed by atoms with Gasteiger partial charge in [-0.1, -0.05) is 36.0 Å². The molecule has 1 N–H and O–H groups in total. The third-order valence-corrected chi connectivity index (χ3v) is 4.98. The highest BCUT2D eigenvalue weighted by Gasteiger charge is 2.18. The first-order valence-electron chi connectivity index (χ1n) is 5.40. The molecule has 18 heavy (non-hydrogen) atoms. The van der Waals surface area contributed by atoms with E-state index in [9.17, 15) is 8.42 Å². The number of fused-ring (bicyclic) bond motifs is 2. The Morgan fingerprint density at radius 2 is 1.72 bits per heavy atom. The molecule has 0 atom stereocenters. The van der Waals surface area contributed by atoms with E-state index in [1.54, 1.807) is 6.07 Å². The van der Waals surface area contributed by atoms with Crippen molar-refractivity contribution < 1.29 is 13.0 Å². The van der Waals surface area contributed by atoms with Gasteiger partial charge in [-0.3, -0.25) is 4.55 Å². The third-order valence-electron chi connectivity index (χ3n) is 2.91. The summed E-state index contributed by atoms with van der Waals surface area (Å²) in [5, 5.41) is 0. The molecule has 2 aromatic carbocycles. The van der Waals surface area contributed by atoms with Gasteiger partial charge in [0.15, 0.2) is 0 Å². The van der Waals surface area contributed by atoms with Crippen LogP contribution in [0.2, 0.25) is 0 Å². The van der Waals surface area contributed by atoms with E-state index in [1.807, 2.05) is 18.2 Å². The number of benzene rings is 2. The SMILES string of the molecule is O=S(=O)(O)c1ccc2c(c1)Sc1ccccc1C2. The van der Waals surface area contributed by atoms with Gasteiger partial charge in [0, 0.05) is 9.79 Å². The van der Waals surface area contributed by atoms with Crippen LogP contribution in [-0.2, 0) is 16.5 Å². The molecule has 0 saturated carbocycles. The zero-order valence-corrected chi connectivity index (χ0v) is 11.0. The molecule has 0 spiro atoms. The Morgan fingerprint density at radius 3 is 2.50 bits per heavy atom. The van der Waals surface area contributed by atoms with Crippen LogP contribution in [-0.4, -0.2) is 13.0 Å². The van der Waals surface area contributed by atoms with E-state index in [2.05, 4.69) is 6.07 Å². The normalized spacial score (nSPS) is 13.8. The summed E-state index contributed by atoms with van der Waals surface area (Å²) in [4.78, 5) is 1.98. The number of hydrogen-bond donors (Lipinski definition) is 1. The van der Waals surface area contributed by atoms with Gasteiger partial charge in [0.1, 0.15) is 0 Å². The molecule has 92 valence electrons. The molecule has 0 bridgehead atoms. The summed E-state index contributed by atoms with van der Waals surface area (Å²) in [7, 11) is -4.13. The van der Waals surface area contributed by atoms with Crippen molar-refractivity contribution >= 4 is 21.9 Å². The van der Waals surface area contributed by atoms with Gasteiger partial charge in [-0.15, -0.1) is 0 Å². The van der Waals surface area contributed by atoms with Crippen molar-refractivity contribution in [2.45, 2.75) is 21.1 Å². The zero-order valence-electron chi connectivity index (χ0n) is 9.33. The average Bonchev–Trinajstić information content (AvgIpc) is 2.34. The first-order chi connectivity index (χ1) is 8.54. The van der Waals surface area contributed by atoms with Crippen molar-refractivity contribution in [1.29, 1.82) is 0 Å². The lowest BCUT2D eigenvalue weighted by Crippen LogP contribution is -2.03. The van der Waals surface area contributed by atoms with Crippen LogP contribution in [0.5, 0.6) is 0 Å². The Kier molecular flexibility index (Phi) is 2.69. The molecule has 1 heterocycles. The zero-order chi connectivity index (χ0) is 12.8. The average molecular weight is 278 g/mol. The van der Waals surface area contributed by atoms with Gasteiger partial charge in [-0.05, 0) is 35.7 Å². The molecule has 0 radical (unpaired) electrons. The van der Waals surface area contributed by atoms with Crippen LogP contribution < -0.4 is 0 Å². The van der Waals surface area contributed by atoms with Crippen LogP contribution >= 0.6 is 11.8 Å². The standard InChI is InChI=1S/C13H10O3S2/c14-18(15,16)11-6-5-10-7-9-3-1-2-4-12(9)17-13(10)8-11/h1-6,8H,7H2,(H,14,15,16). The number of hydrogen-bond acceptors (Lipinski definition) is 3. The quantitative estimate of drug-likeness (QED) is 0.695. The molecule has 3 nitrogen and oxygen atoms in total. The summed E-state index contributed by atoms with van der Waals surface area (Å²) in [6, 6.07) is 12.8. The maximum Gasteiger partial charge on any atom is 0.294 e. The van der Waals surface area contributed by atoms with E-state index in [0.717, 1.165) is 21.8 Å². The van der Waals surface area contributed by atoms with Crippen LogP contribution in [0.3, 0.4) is 0 Å². The monoisotopic (exact) mass is 278 g/mol. The minimum Gasteiger partial charge on any atom is -0.282 e. The van der Waals surface area contributed by atoms with Gasteiger partial charge in [0.05, 0.1) is 4.90 Å². The van der Waals surface area contributed by atoms with Crippen molar-refractivity contribution in [2.75, 3.05) is 0 Å². The van der Waals surface area contributed by atoms with Gasteiger partial charge in [0.25, 0.3) is 10.1 Å². The van der Waals surface area contributed by atoms with Crippen molar-refractivity contribution in [2.24, 2.45) is 0 Å². The largest absolute Gasteiger partial charge is 0.294 e. The second kappa shape index (κ2) is 4.12. The predicted octanol–water partition coefficient (Wildman–Crippen LogP) is 2.99. The third kappa shape index (κ3) is 2.05. The molecule has 0 aromatic heterocycles. The van der Waals surface area contributed by atoms with Gasteiger partial charge < -0.3 is 0 Å². The highest BCUT2D eigenvalue weighted by atomic mass is 32.2. The summed E-state index contributed by atoms with van der Waals surface area (Å²) < 4.78 is 31.3. The molecule has 0 fully saturated rings. The summed E-state index contributed by atoms with van der Waals surface area (Å²) in [6.45, 7) is 0. The molecule has 1 aliphatic rings. The van der Waals surface area contributed by atoms with Crippen LogP contribution in [0.1, 0.15) is 11.1 Å². The Labute approximate surface area is 110 Å². The molecule has 3 rings (SSSR count). The molecular formula is C13H10O3S2. The fraction of sp³-hybridized carbons (Fsp3) is 0.0769. The van der Waals surface area contributed by atoms with Crippen LogP contribution in [0, 0.1) is 0 Å². The fourth-order valence-electron chi connectivity index (χ4n) is 2.01. The van der Waals surface area contributed by atoms with E-state index in [4.69, 9.17) is 4.55 Å². The van der Waals surface area contributed by atoms with Gasteiger partial charge in [-0.2, -0.15) is 8.42 Å². The first kappa shape index (κ1) is 11.8. The molecule has 0 unspecified atom stereocenters. The van der Waals surface area contributed by atoms with Crippen molar-refractivity contribution in [1.82, 2.24) is 0 Å². The predicted molar refractivity (Wildman–Crippen MR) is 69.6 cm³/mol. The Bertz CT molecular complexity index is 721. The Morgan fingerprint density at radius 1 is 1.00 bits per heavy atom. The molecular weight excluding hydrogens is 268 g/mol. The summed E-state index contributed by atoms with van der Waals surface area (Å²) in [5.74, 6) is 0. The summed E-state index contributed by atoms with van der Waals surface area (Å²) in [6.07, 6.45) is 0.796. The van der Waals surface area contributed by atoms with E-state index < -0.39 is 10.1 Å². The molecule has 1 aliphatic heterocycles. The smallest absolute Gasteiger partial charge is 0.282 e. The maximum atomic E-state index is 11.1. The topological polar surface area (TPSA) is 54.4 Å². The summed E-state index contributed by atoms with van der Waals surface area (Å²) in [5.41, 5.74) is 2.33. The van der Waals surface area contributed by atoms with Crippen LogP contribution in [0.25, 0.3) is 0 Å². The van der Waals surface area contributed by atoms with Crippen molar-refractivity contribution in [3.63, 3.8) is 0 Å².